The van der Waals surface area contributed by atoms with Gasteiger partial charge in [-0.1, -0.05) is 12.1 Å². The normalized spacial score (nSPS) is 24.2. The molecule has 0 bridgehead atoms. The molecule has 1 aromatic carbocycles. The van der Waals surface area contributed by atoms with Crippen molar-refractivity contribution in [2.24, 2.45) is 0 Å². The van der Waals surface area contributed by atoms with Crippen LogP contribution >= 0.6 is 15.9 Å². The van der Waals surface area contributed by atoms with Crippen LogP contribution in [-0.4, -0.2) is 12.4 Å². The number of ketones is 1. The Morgan fingerprint density at radius 1 is 1.53 bits per heavy atom. The minimum absolute atomic E-state index is 0.199. The third-order valence-corrected chi connectivity index (χ3v) is 3.81. The fraction of sp³-hybridized carbons (Fsp3) is 0.417. The Labute approximate surface area is 97.8 Å². The Bertz CT molecular complexity index is 414. The first-order chi connectivity index (χ1) is 7.05. The number of carbonyl (C=O) groups is 1. The molecule has 80 valence electrons. The number of Topliss-reactive ketones (excluding diaryl/α,β-unsaturated/α-hetero) is 1. The van der Waals surface area contributed by atoms with Gasteiger partial charge in [-0.05, 0) is 42.3 Å². The molecule has 1 atom stereocenters. The highest BCUT2D eigenvalue weighted by Gasteiger charge is 2.38. The largest absolute Gasteiger partial charge is 0.492 e. The van der Waals surface area contributed by atoms with Crippen LogP contribution in [0.2, 0.25) is 0 Å². The minimum Gasteiger partial charge on any atom is -0.492 e. The van der Waals surface area contributed by atoms with E-state index in [0.29, 0.717) is 6.61 Å². The molecular formula is C12H13BrO2. The first-order valence-corrected chi connectivity index (χ1v) is 5.78. The summed E-state index contributed by atoms with van der Waals surface area (Å²) in [7, 11) is 0. The summed E-state index contributed by atoms with van der Waals surface area (Å²) in [5.41, 5.74) is 0.604. The smallest absolute Gasteiger partial charge is 0.140 e. The lowest BCUT2D eigenvalue weighted by Crippen LogP contribution is -2.36. The van der Waals surface area contributed by atoms with Crippen molar-refractivity contribution in [2.45, 2.75) is 25.7 Å². The predicted octanol–water partition coefficient (Wildman–Crippen LogP) is 3.08. The van der Waals surface area contributed by atoms with E-state index in [-0.39, 0.29) is 5.78 Å². The van der Waals surface area contributed by atoms with Gasteiger partial charge in [0.15, 0.2) is 0 Å². The van der Waals surface area contributed by atoms with E-state index in [2.05, 4.69) is 15.9 Å². The van der Waals surface area contributed by atoms with Crippen LogP contribution in [0.4, 0.5) is 0 Å². The third kappa shape index (κ3) is 1.59. The summed E-state index contributed by atoms with van der Waals surface area (Å²) in [5, 5.41) is 0. The maximum Gasteiger partial charge on any atom is 0.140 e. The standard InChI is InChI=1S/C12H13BrO2/c1-8(14)12(2)6-7-15-11-9(12)4-3-5-10(11)13/h3-5H,6-7H2,1-2H3. The number of hydrogen-bond acceptors (Lipinski definition) is 2. The lowest BCUT2D eigenvalue weighted by Gasteiger charge is -2.34. The van der Waals surface area contributed by atoms with Gasteiger partial charge >= 0.3 is 0 Å². The van der Waals surface area contributed by atoms with Crippen LogP contribution in [0.5, 0.6) is 5.75 Å². The zero-order valence-electron chi connectivity index (χ0n) is 8.84. The summed E-state index contributed by atoms with van der Waals surface area (Å²) in [6.45, 7) is 4.24. The number of hydrogen-bond donors (Lipinski definition) is 0. The van der Waals surface area contributed by atoms with Crippen LogP contribution in [0.15, 0.2) is 22.7 Å². The van der Waals surface area contributed by atoms with Crippen LogP contribution in [-0.2, 0) is 10.2 Å². The van der Waals surface area contributed by atoms with Gasteiger partial charge in [0.25, 0.3) is 0 Å². The van der Waals surface area contributed by atoms with E-state index >= 15 is 0 Å². The van der Waals surface area contributed by atoms with E-state index in [4.69, 9.17) is 4.74 Å². The molecule has 1 unspecified atom stereocenters. The van der Waals surface area contributed by atoms with Gasteiger partial charge in [0.2, 0.25) is 0 Å². The molecule has 1 aliphatic rings. The van der Waals surface area contributed by atoms with E-state index in [9.17, 15) is 4.79 Å². The van der Waals surface area contributed by atoms with E-state index in [0.717, 1.165) is 22.2 Å². The molecule has 2 nitrogen and oxygen atoms in total. The molecule has 0 aliphatic carbocycles. The number of carbonyl (C=O) groups excluding carboxylic acids is 1. The molecule has 0 N–H and O–H groups in total. The number of halogens is 1. The molecule has 0 saturated heterocycles. The Balaban J connectivity index is 2.61. The Hall–Kier alpha value is -0.830. The van der Waals surface area contributed by atoms with Gasteiger partial charge < -0.3 is 4.74 Å². The van der Waals surface area contributed by atoms with Gasteiger partial charge in [-0.2, -0.15) is 0 Å². The number of fused-ring (bicyclic) bond motifs is 1. The maximum atomic E-state index is 11.7. The zero-order valence-corrected chi connectivity index (χ0v) is 10.4. The van der Waals surface area contributed by atoms with Gasteiger partial charge in [-0.25, -0.2) is 0 Å². The van der Waals surface area contributed by atoms with E-state index in [1.807, 2.05) is 25.1 Å². The summed E-state index contributed by atoms with van der Waals surface area (Å²) >= 11 is 3.45. The van der Waals surface area contributed by atoms with Crippen molar-refractivity contribution in [3.8, 4) is 5.75 Å². The SMILES string of the molecule is CC(=O)C1(C)CCOc2c(Br)cccc21. The van der Waals surface area contributed by atoms with Crippen molar-refractivity contribution in [3.05, 3.63) is 28.2 Å². The Morgan fingerprint density at radius 3 is 2.93 bits per heavy atom. The maximum absolute atomic E-state index is 11.7. The van der Waals surface area contributed by atoms with Crippen molar-refractivity contribution in [1.82, 2.24) is 0 Å². The van der Waals surface area contributed by atoms with Crippen LogP contribution < -0.4 is 4.74 Å². The fourth-order valence-corrected chi connectivity index (χ4v) is 2.43. The average Bonchev–Trinajstić information content (AvgIpc) is 2.20. The van der Waals surface area contributed by atoms with Crippen LogP contribution in [0.1, 0.15) is 25.8 Å². The van der Waals surface area contributed by atoms with Crippen molar-refractivity contribution in [3.63, 3.8) is 0 Å². The summed E-state index contributed by atoms with van der Waals surface area (Å²) in [6, 6.07) is 5.85. The van der Waals surface area contributed by atoms with Gasteiger partial charge in [0, 0.05) is 5.56 Å². The molecule has 0 saturated carbocycles. The van der Waals surface area contributed by atoms with Gasteiger partial charge in [-0.3, -0.25) is 4.79 Å². The molecule has 1 aliphatic heterocycles. The van der Waals surface area contributed by atoms with Crippen molar-refractivity contribution in [2.75, 3.05) is 6.61 Å². The molecule has 1 heterocycles. The highest BCUT2D eigenvalue weighted by molar-refractivity contribution is 9.10. The molecular weight excluding hydrogens is 256 g/mol. The van der Waals surface area contributed by atoms with E-state index in [1.165, 1.54) is 0 Å². The highest BCUT2D eigenvalue weighted by Crippen LogP contribution is 2.42. The number of rotatable bonds is 1. The summed E-state index contributed by atoms with van der Waals surface area (Å²) in [5.74, 6) is 1.02. The second-order valence-electron chi connectivity index (χ2n) is 4.10. The van der Waals surface area contributed by atoms with Gasteiger partial charge in [0.1, 0.15) is 11.5 Å². The summed E-state index contributed by atoms with van der Waals surface area (Å²) in [4.78, 5) is 11.7. The molecule has 2 rings (SSSR count). The van der Waals surface area contributed by atoms with Crippen molar-refractivity contribution < 1.29 is 9.53 Å². The Kier molecular flexibility index (Phi) is 2.59. The molecule has 3 heteroatoms. The van der Waals surface area contributed by atoms with E-state index < -0.39 is 5.41 Å². The lowest BCUT2D eigenvalue weighted by atomic mass is 9.75. The first kappa shape index (κ1) is 10.7. The highest BCUT2D eigenvalue weighted by atomic mass is 79.9. The van der Waals surface area contributed by atoms with E-state index in [1.54, 1.807) is 6.92 Å². The van der Waals surface area contributed by atoms with Crippen molar-refractivity contribution >= 4 is 21.7 Å². The molecule has 0 spiro atoms. The second-order valence-corrected chi connectivity index (χ2v) is 4.96. The quantitative estimate of drug-likeness (QED) is 0.783. The summed E-state index contributed by atoms with van der Waals surface area (Å²) < 4.78 is 6.52. The number of benzene rings is 1. The van der Waals surface area contributed by atoms with Crippen LogP contribution in [0.3, 0.4) is 0 Å². The molecule has 0 fully saturated rings. The fourth-order valence-electron chi connectivity index (χ4n) is 1.95. The molecule has 0 radical (unpaired) electrons. The van der Waals surface area contributed by atoms with Crippen LogP contribution in [0.25, 0.3) is 0 Å². The molecule has 15 heavy (non-hydrogen) atoms. The zero-order chi connectivity index (χ0) is 11.1. The predicted molar refractivity (Wildman–Crippen MR) is 62.3 cm³/mol. The third-order valence-electron chi connectivity index (χ3n) is 3.19. The Morgan fingerprint density at radius 2 is 2.27 bits per heavy atom. The molecule has 0 aromatic heterocycles. The number of ether oxygens (including phenoxy) is 1. The average molecular weight is 269 g/mol. The first-order valence-electron chi connectivity index (χ1n) is 4.98. The molecule has 1 aromatic rings. The topological polar surface area (TPSA) is 26.3 Å². The second kappa shape index (κ2) is 3.63. The number of para-hydroxylation sites is 1. The van der Waals surface area contributed by atoms with Crippen LogP contribution in [0, 0.1) is 0 Å². The monoisotopic (exact) mass is 268 g/mol. The van der Waals surface area contributed by atoms with Gasteiger partial charge in [-0.15, -0.1) is 0 Å². The van der Waals surface area contributed by atoms with Gasteiger partial charge in [0.05, 0.1) is 16.5 Å². The van der Waals surface area contributed by atoms with Crippen molar-refractivity contribution in [1.29, 1.82) is 0 Å². The summed E-state index contributed by atoms with van der Waals surface area (Å²) in [6.07, 6.45) is 0.756. The molecule has 0 amide bonds. The lowest BCUT2D eigenvalue weighted by molar-refractivity contribution is -0.122. The minimum atomic E-state index is -0.392.